The molecule has 0 bridgehead atoms. The predicted molar refractivity (Wildman–Crippen MR) is 95.8 cm³/mol. The van der Waals surface area contributed by atoms with Crippen molar-refractivity contribution in [3.8, 4) is 0 Å². The Bertz CT molecular complexity index is 398. The zero-order valence-corrected chi connectivity index (χ0v) is 15.1. The van der Waals surface area contributed by atoms with Crippen molar-refractivity contribution in [2.45, 2.75) is 75.3 Å². The molecule has 5 heteroatoms. The molecule has 2 aliphatic carbocycles. The summed E-state index contributed by atoms with van der Waals surface area (Å²) in [6.07, 6.45) is 10.3. The minimum atomic E-state index is -0.731. The fraction of sp³-hybridized carbons (Fsp3) is 0.944. The normalized spacial score (nSPS) is 27.7. The van der Waals surface area contributed by atoms with Gasteiger partial charge in [-0.05, 0) is 25.7 Å². The first-order valence-corrected chi connectivity index (χ1v) is 10.6. The van der Waals surface area contributed by atoms with Crippen molar-refractivity contribution < 1.29 is 9.90 Å². The average Bonchev–Trinajstić information content (AvgIpc) is 3.01. The van der Waals surface area contributed by atoms with Crippen molar-refractivity contribution in [2.24, 2.45) is 0 Å². The van der Waals surface area contributed by atoms with Crippen LogP contribution in [0.2, 0.25) is 0 Å². The molecule has 0 aromatic carbocycles. The third-order valence-electron chi connectivity index (χ3n) is 6.10. The van der Waals surface area contributed by atoms with Crippen molar-refractivity contribution >= 4 is 17.7 Å². The molecule has 3 aliphatic rings. The smallest absolute Gasteiger partial charge is 0.222 e. The van der Waals surface area contributed by atoms with Gasteiger partial charge in [-0.25, -0.2) is 0 Å². The molecular formula is C18H32N2O2S. The zero-order valence-electron chi connectivity index (χ0n) is 14.3. The fourth-order valence-electron chi connectivity index (χ4n) is 4.69. The third kappa shape index (κ3) is 4.43. The molecule has 1 aliphatic heterocycles. The second-order valence-electron chi connectivity index (χ2n) is 7.77. The van der Waals surface area contributed by atoms with Crippen LogP contribution in [0.1, 0.15) is 64.2 Å². The Kier molecular flexibility index (Phi) is 5.92. The van der Waals surface area contributed by atoms with Crippen LogP contribution in [0.25, 0.3) is 0 Å². The van der Waals surface area contributed by atoms with Gasteiger partial charge in [0.15, 0.2) is 0 Å². The second kappa shape index (κ2) is 7.75. The lowest BCUT2D eigenvalue weighted by Gasteiger charge is -2.48. The van der Waals surface area contributed by atoms with Gasteiger partial charge in [-0.15, -0.1) is 0 Å². The SMILES string of the molecule is O=C(CC1(O)CCCC1)NCC1(N2CCSCC2)CCCCC1. The highest BCUT2D eigenvalue weighted by molar-refractivity contribution is 7.99. The molecule has 23 heavy (non-hydrogen) atoms. The Balaban J connectivity index is 1.56. The first-order valence-electron chi connectivity index (χ1n) is 9.44. The number of carbonyl (C=O) groups excluding carboxylic acids is 1. The molecule has 0 spiro atoms. The van der Waals surface area contributed by atoms with Gasteiger partial charge in [-0.2, -0.15) is 11.8 Å². The van der Waals surface area contributed by atoms with Crippen LogP contribution >= 0.6 is 11.8 Å². The van der Waals surface area contributed by atoms with Gasteiger partial charge in [0.05, 0.1) is 12.0 Å². The Labute approximate surface area is 144 Å². The van der Waals surface area contributed by atoms with Crippen LogP contribution < -0.4 is 5.32 Å². The van der Waals surface area contributed by atoms with Gasteiger partial charge < -0.3 is 10.4 Å². The first-order chi connectivity index (χ1) is 11.1. The van der Waals surface area contributed by atoms with Crippen molar-refractivity contribution in [2.75, 3.05) is 31.1 Å². The van der Waals surface area contributed by atoms with E-state index in [0.717, 1.165) is 45.3 Å². The molecule has 3 fully saturated rings. The molecule has 1 amide bonds. The van der Waals surface area contributed by atoms with Gasteiger partial charge in [-0.3, -0.25) is 9.69 Å². The van der Waals surface area contributed by atoms with E-state index in [2.05, 4.69) is 10.2 Å². The molecule has 0 atom stereocenters. The van der Waals surface area contributed by atoms with E-state index >= 15 is 0 Å². The van der Waals surface area contributed by atoms with Gasteiger partial charge in [0.25, 0.3) is 0 Å². The molecule has 0 unspecified atom stereocenters. The quantitative estimate of drug-likeness (QED) is 0.808. The number of nitrogens with zero attached hydrogens (tertiary/aromatic N) is 1. The number of hydrogen-bond acceptors (Lipinski definition) is 4. The fourth-order valence-corrected chi connectivity index (χ4v) is 5.59. The van der Waals surface area contributed by atoms with E-state index in [1.165, 1.54) is 43.6 Å². The highest BCUT2D eigenvalue weighted by Gasteiger charge is 2.39. The van der Waals surface area contributed by atoms with Gasteiger partial charge in [0.1, 0.15) is 0 Å². The van der Waals surface area contributed by atoms with Gasteiger partial charge in [-0.1, -0.05) is 32.1 Å². The van der Waals surface area contributed by atoms with Crippen molar-refractivity contribution in [3.05, 3.63) is 0 Å². The molecular weight excluding hydrogens is 308 g/mol. The number of amides is 1. The van der Waals surface area contributed by atoms with E-state index in [4.69, 9.17) is 0 Å². The summed E-state index contributed by atoms with van der Waals surface area (Å²) in [4.78, 5) is 15.0. The lowest BCUT2D eigenvalue weighted by Crippen LogP contribution is -2.59. The molecule has 0 radical (unpaired) electrons. The number of carbonyl (C=O) groups is 1. The van der Waals surface area contributed by atoms with Crippen molar-refractivity contribution in [3.63, 3.8) is 0 Å². The Morgan fingerprint density at radius 1 is 1.00 bits per heavy atom. The molecule has 2 N–H and O–H groups in total. The standard InChI is InChI=1S/C18H32N2O2S/c21-16(14-18(22)8-4-5-9-18)19-15-17(6-2-1-3-7-17)20-10-12-23-13-11-20/h22H,1-15H2,(H,19,21). The van der Waals surface area contributed by atoms with Gasteiger partial charge >= 0.3 is 0 Å². The number of rotatable bonds is 5. The zero-order chi connectivity index (χ0) is 16.2. The molecule has 3 rings (SSSR count). The summed E-state index contributed by atoms with van der Waals surface area (Å²) >= 11 is 2.04. The van der Waals surface area contributed by atoms with Gasteiger partial charge in [0.2, 0.25) is 5.91 Å². The van der Waals surface area contributed by atoms with Crippen molar-refractivity contribution in [1.29, 1.82) is 0 Å². The molecule has 2 saturated carbocycles. The lowest BCUT2D eigenvalue weighted by atomic mass is 9.80. The summed E-state index contributed by atoms with van der Waals surface area (Å²) in [5.41, 5.74) is -0.557. The number of nitrogens with one attached hydrogen (secondary N) is 1. The summed E-state index contributed by atoms with van der Waals surface area (Å²) in [5.74, 6) is 2.48. The van der Waals surface area contributed by atoms with Crippen molar-refractivity contribution in [1.82, 2.24) is 10.2 Å². The summed E-state index contributed by atoms with van der Waals surface area (Å²) in [5, 5.41) is 13.6. The maximum absolute atomic E-state index is 12.4. The van der Waals surface area contributed by atoms with E-state index in [1.54, 1.807) is 0 Å². The topological polar surface area (TPSA) is 52.6 Å². The highest BCUT2D eigenvalue weighted by Crippen LogP contribution is 2.35. The molecule has 132 valence electrons. The average molecular weight is 341 g/mol. The minimum absolute atomic E-state index is 0.0470. The summed E-state index contributed by atoms with van der Waals surface area (Å²) in [6, 6.07) is 0. The van der Waals surface area contributed by atoms with Crippen LogP contribution in [0, 0.1) is 0 Å². The largest absolute Gasteiger partial charge is 0.389 e. The third-order valence-corrected chi connectivity index (χ3v) is 7.05. The van der Waals surface area contributed by atoms with E-state index in [0.29, 0.717) is 6.42 Å². The van der Waals surface area contributed by atoms with Crippen LogP contribution in [0.15, 0.2) is 0 Å². The van der Waals surface area contributed by atoms with E-state index < -0.39 is 5.60 Å². The minimum Gasteiger partial charge on any atom is -0.389 e. The number of thioether (sulfide) groups is 1. The summed E-state index contributed by atoms with van der Waals surface area (Å²) in [6.45, 7) is 3.08. The molecule has 1 heterocycles. The Morgan fingerprint density at radius 3 is 2.26 bits per heavy atom. The van der Waals surface area contributed by atoms with E-state index in [9.17, 15) is 9.90 Å². The molecule has 0 aromatic rings. The first kappa shape index (κ1) is 17.6. The maximum atomic E-state index is 12.4. The van der Waals surface area contributed by atoms with Gasteiger partial charge in [0, 0.05) is 36.7 Å². The van der Waals surface area contributed by atoms with Crippen LogP contribution in [0.3, 0.4) is 0 Å². The van der Waals surface area contributed by atoms with Crippen LogP contribution in [-0.2, 0) is 4.79 Å². The summed E-state index contributed by atoms with van der Waals surface area (Å²) < 4.78 is 0. The Morgan fingerprint density at radius 2 is 1.61 bits per heavy atom. The van der Waals surface area contributed by atoms with E-state index in [1.807, 2.05) is 11.8 Å². The highest BCUT2D eigenvalue weighted by atomic mass is 32.2. The van der Waals surface area contributed by atoms with Crippen LogP contribution in [0.5, 0.6) is 0 Å². The predicted octanol–water partition coefficient (Wildman–Crippen LogP) is 2.55. The Hall–Kier alpha value is -0.260. The van der Waals surface area contributed by atoms with Crippen LogP contribution in [-0.4, -0.2) is 58.2 Å². The van der Waals surface area contributed by atoms with Crippen LogP contribution in [0.4, 0.5) is 0 Å². The van der Waals surface area contributed by atoms with E-state index in [-0.39, 0.29) is 11.4 Å². The lowest BCUT2D eigenvalue weighted by molar-refractivity contribution is -0.126. The maximum Gasteiger partial charge on any atom is 0.222 e. The number of hydrogen-bond donors (Lipinski definition) is 2. The molecule has 4 nitrogen and oxygen atoms in total. The summed E-state index contributed by atoms with van der Waals surface area (Å²) in [7, 11) is 0. The second-order valence-corrected chi connectivity index (χ2v) is 8.99. The molecule has 0 aromatic heterocycles. The monoisotopic (exact) mass is 340 g/mol. The molecule has 1 saturated heterocycles. The number of aliphatic hydroxyl groups is 1.